The van der Waals surface area contributed by atoms with Crippen LogP contribution >= 0.6 is 0 Å². The molecule has 0 aromatic carbocycles. The SMILES string of the molecule is CC(C)(C)CC1CCCCC1(F)F. The van der Waals surface area contributed by atoms with Gasteiger partial charge in [-0.3, -0.25) is 0 Å². The Kier molecular flexibility index (Phi) is 2.98. The second-order valence-corrected chi connectivity index (χ2v) is 5.47. The quantitative estimate of drug-likeness (QED) is 0.580. The van der Waals surface area contributed by atoms with Crippen molar-refractivity contribution in [1.82, 2.24) is 0 Å². The molecule has 0 aromatic heterocycles. The Balaban J connectivity index is 2.56. The van der Waals surface area contributed by atoms with Gasteiger partial charge in [-0.05, 0) is 24.7 Å². The molecular formula is C11H20F2. The van der Waals surface area contributed by atoms with Gasteiger partial charge in [-0.15, -0.1) is 0 Å². The van der Waals surface area contributed by atoms with Crippen LogP contribution in [0.25, 0.3) is 0 Å². The highest BCUT2D eigenvalue weighted by Gasteiger charge is 2.42. The highest BCUT2D eigenvalue weighted by Crippen LogP contribution is 2.43. The van der Waals surface area contributed by atoms with Crippen LogP contribution in [0.5, 0.6) is 0 Å². The summed E-state index contributed by atoms with van der Waals surface area (Å²) in [4.78, 5) is 0. The summed E-state index contributed by atoms with van der Waals surface area (Å²) in [5.74, 6) is -2.77. The standard InChI is InChI=1S/C11H20F2/c1-10(2,3)8-9-6-4-5-7-11(9,12)13/h9H,4-8H2,1-3H3. The molecule has 1 fully saturated rings. The molecule has 0 aromatic rings. The van der Waals surface area contributed by atoms with Crippen molar-refractivity contribution in [2.45, 2.75) is 58.8 Å². The molecule has 0 amide bonds. The lowest BCUT2D eigenvalue weighted by Gasteiger charge is -2.35. The van der Waals surface area contributed by atoms with E-state index in [4.69, 9.17) is 0 Å². The van der Waals surface area contributed by atoms with Crippen LogP contribution in [0.2, 0.25) is 0 Å². The van der Waals surface area contributed by atoms with Crippen molar-refractivity contribution in [2.24, 2.45) is 11.3 Å². The molecule has 1 unspecified atom stereocenters. The Hall–Kier alpha value is -0.140. The average Bonchev–Trinajstić information content (AvgIpc) is 1.91. The molecule has 0 spiro atoms. The molecule has 0 N–H and O–H groups in total. The van der Waals surface area contributed by atoms with Crippen LogP contribution in [0.4, 0.5) is 8.78 Å². The summed E-state index contributed by atoms with van der Waals surface area (Å²) in [5, 5.41) is 0. The van der Waals surface area contributed by atoms with E-state index in [-0.39, 0.29) is 17.8 Å². The van der Waals surface area contributed by atoms with Gasteiger partial charge in [0.15, 0.2) is 0 Å². The van der Waals surface area contributed by atoms with Gasteiger partial charge in [-0.2, -0.15) is 0 Å². The predicted octanol–water partition coefficient (Wildman–Crippen LogP) is 4.25. The van der Waals surface area contributed by atoms with Gasteiger partial charge in [-0.25, -0.2) is 8.78 Å². The van der Waals surface area contributed by atoms with Crippen molar-refractivity contribution >= 4 is 0 Å². The highest BCUT2D eigenvalue weighted by molar-refractivity contribution is 4.84. The number of alkyl halides is 2. The van der Waals surface area contributed by atoms with E-state index >= 15 is 0 Å². The van der Waals surface area contributed by atoms with Crippen molar-refractivity contribution in [3.8, 4) is 0 Å². The summed E-state index contributed by atoms with van der Waals surface area (Å²) in [6.07, 6.45) is 3.15. The van der Waals surface area contributed by atoms with Gasteiger partial charge in [0.25, 0.3) is 5.92 Å². The summed E-state index contributed by atoms with van der Waals surface area (Å²) < 4.78 is 26.8. The minimum Gasteiger partial charge on any atom is -0.207 e. The van der Waals surface area contributed by atoms with E-state index in [0.717, 1.165) is 6.42 Å². The highest BCUT2D eigenvalue weighted by atomic mass is 19.3. The minimum absolute atomic E-state index is 0.0332. The molecular weight excluding hydrogens is 170 g/mol. The van der Waals surface area contributed by atoms with E-state index in [1.807, 2.05) is 20.8 Å². The molecule has 0 nitrogen and oxygen atoms in total. The molecule has 13 heavy (non-hydrogen) atoms. The van der Waals surface area contributed by atoms with Gasteiger partial charge >= 0.3 is 0 Å². The first-order valence-corrected chi connectivity index (χ1v) is 5.19. The van der Waals surface area contributed by atoms with Crippen LogP contribution in [-0.2, 0) is 0 Å². The molecule has 1 atom stereocenters. The molecule has 0 saturated heterocycles. The van der Waals surface area contributed by atoms with Gasteiger partial charge in [0, 0.05) is 12.3 Å². The Morgan fingerprint density at radius 2 is 1.85 bits per heavy atom. The van der Waals surface area contributed by atoms with Crippen molar-refractivity contribution < 1.29 is 8.78 Å². The van der Waals surface area contributed by atoms with Gasteiger partial charge in [0.2, 0.25) is 0 Å². The third-order valence-corrected chi connectivity index (χ3v) is 2.77. The summed E-state index contributed by atoms with van der Waals surface area (Å²) in [7, 11) is 0. The Labute approximate surface area is 79.7 Å². The normalized spacial score (nSPS) is 28.8. The maximum atomic E-state index is 13.4. The maximum absolute atomic E-state index is 13.4. The topological polar surface area (TPSA) is 0 Å². The molecule has 0 radical (unpaired) electrons. The lowest BCUT2D eigenvalue weighted by Crippen LogP contribution is -2.34. The first-order chi connectivity index (χ1) is 5.81. The summed E-state index contributed by atoms with van der Waals surface area (Å²) in [5.41, 5.74) is 0.0332. The largest absolute Gasteiger partial charge is 0.250 e. The third kappa shape index (κ3) is 3.24. The zero-order valence-corrected chi connectivity index (χ0v) is 8.87. The molecule has 1 aliphatic rings. The number of rotatable bonds is 1. The third-order valence-electron chi connectivity index (χ3n) is 2.77. The molecule has 0 heterocycles. The second kappa shape index (κ2) is 3.55. The van der Waals surface area contributed by atoms with Crippen molar-refractivity contribution in [3.05, 3.63) is 0 Å². The summed E-state index contributed by atoms with van der Waals surface area (Å²) in [6.45, 7) is 6.12. The average molecular weight is 190 g/mol. The molecule has 0 bridgehead atoms. The van der Waals surface area contributed by atoms with Crippen LogP contribution in [0.3, 0.4) is 0 Å². The van der Waals surface area contributed by atoms with Gasteiger partial charge in [-0.1, -0.05) is 27.2 Å². The number of hydrogen-bond acceptors (Lipinski definition) is 0. The fourth-order valence-electron chi connectivity index (χ4n) is 2.16. The molecule has 2 heteroatoms. The molecule has 1 aliphatic carbocycles. The monoisotopic (exact) mass is 190 g/mol. The first kappa shape index (κ1) is 10.9. The summed E-state index contributed by atoms with van der Waals surface area (Å²) >= 11 is 0. The van der Waals surface area contributed by atoms with E-state index in [2.05, 4.69) is 0 Å². The van der Waals surface area contributed by atoms with Crippen LogP contribution in [0, 0.1) is 11.3 Å². The fourth-order valence-corrected chi connectivity index (χ4v) is 2.16. The lowest BCUT2D eigenvalue weighted by atomic mass is 9.75. The first-order valence-electron chi connectivity index (χ1n) is 5.19. The van der Waals surface area contributed by atoms with Crippen LogP contribution in [-0.4, -0.2) is 5.92 Å². The van der Waals surface area contributed by atoms with E-state index in [0.29, 0.717) is 19.3 Å². The smallest absolute Gasteiger partial charge is 0.207 e. The zero-order chi connectivity index (χ0) is 10.1. The molecule has 1 saturated carbocycles. The maximum Gasteiger partial charge on any atom is 0.250 e. The van der Waals surface area contributed by atoms with Crippen molar-refractivity contribution in [3.63, 3.8) is 0 Å². The molecule has 0 aliphatic heterocycles. The Morgan fingerprint density at radius 1 is 1.23 bits per heavy atom. The van der Waals surface area contributed by atoms with E-state index in [1.54, 1.807) is 0 Å². The van der Waals surface area contributed by atoms with E-state index < -0.39 is 5.92 Å². The zero-order valence-electron chi connectivity index (χ0n) is 8.87. The van der Waals surface area contributed by atoms with E-state index in [1.165, 1.54) is 0 Å². The predicted molar refractivity (Wildman–Crippen MR) is 51.0 cm³/mol. The molecule has 78 valence electrons. The van der Waals surface area contributed by atoms with Crippen LogP contribution in [0.1, 0.15) is 52.9 Å². The van der Waals surface area contributed by atoms with Crippen molar-refractivity contribution in [2.75, 3.05) is 0 Å². The molecule has 1 rings (SSSR count). The Morgan fingerprint density at radius 3 is 2.31 bits per heavy atom. The lowest BCUT2D eigenvalue weighted by molar-refractivity contribution is -0.0971. The Bertz CT molecular complexity index is 167. The van der Waals surface area contributed by atoms with Crippen LogP contribution < -0.4 is 0 Å². The number of hydrogen-bond donors (Lipinski definition) is 0. The van der Waals surface area contributed by atoms with Gasteiger partial charge in [0.1, 0.15) is 0 Å². The van der Waals surface area contributed by atoms with Crippen molar-refractivity contribution in [1.29, 1.82) is 0 Å². The second-order valence-electron chi connectivity index (χ2n) is 5.47. The van der Waals surface area contributed by atoms with Gasteiger partial charge in [0.05, 0.1) is 0 Å². The minimum atomic E-state index is -2.40. The summed E-state index contributed by atoms with van der Waals surface area (Å²) in [6, 6.07) is 0. The van der Waals surface area contributed by atoms with Gasteiger partial charge < -0.3 is 0 Å². The van der Waals surface area contributed by atoms with Crippen LogP contribution in [0.15, 0.2) is 0 Å². The van der Waals surface area contributed by atoms with E-state index in [9.17, 15) is 8.78 Å². The fraction of sp³-hybridized carbons (Fsp3) is 1.00. The number of halogens is 2.